The second-order valence-corrected chi connectivity index (χ2v) is 8.98. The van der Waals surface area contributed by atoms with Gasteiger partial charge in [-0.05, 0) is 37.3 Å². The van der Waals surface area contributed by atoms with E-state index in [2.05, 4.69) is 4.72 Å². The topological polar surface area (TPSA) is 135 Å². The minimum absolute atomic E-state index is 0.0672. The van der Waals surface area contributed by atoms with E-state index in [0.29, 0.717) is 37.6 Å². The van der Waals surface area contributed by atoms with E-state index in [-0.39, 0.29) is 28.5 Å². The lowest BCUT2D eigenvalue weighted by atomic mass is 10.1. The third-order valence-corrected chi connectivity index (χ3v) is 6.69. The highest BCUT2D eigenvalue weighted by atomic mass is 32.2. The summed E-state index contributed by atoms with van der Waals surface area (Å²) < 4.78 is 43.7. The molecule has 0 radical (unpaired) electrons. The number of benzene rings is 2. The van der Waals surface area contributed by atoms with Gasteiger partial charge >= 0.3 is 12.1 Å². The Hall–Kier alpha value is -3.67. The number of carbonyl (C=O) groups is 2. The largest absolute Gasteiger partial charge is 0.497 e. The van der Waals surface area contributed by atoms with Gasteiger partial charge in [-0.25, -0.2) is 18.0 Å². The molecule has 1 aliphatic heterocycles. The van der Waals surface area contributed by atoms with Crippen LogP contribution in [0, 0.1) is 0 Å². The number of rotatable bonds is 8. The highest BCUT2D eigenvalue weighted by Gasteiger charge is 2.26. The van der Waals surface area contributed by atoms with Crippen molar-refractivity contribution in [1.82, 2.24) is 4.90 Å². The van der Waals surface area contributed by atoms with Gasteiger partial charge in [0.1, 0.15) is 16.4 Å². The van der Waals surface area contributed by atoms with Crippen molar-refractivity contribution in [2.24, 2.45) is 0 Å². The molecule has 0 saturated carbocycles. The van der Waals surface area contributed by atoms with E-state index in [9.17, 15) is 23.1 Å². The number of hydrogen-bond donors (Lipinski definition) is 2. The normalized spacial score (nSPS) is 13.9. The number of carboxylic acid groups (broad SMARTS) is 1. The first-order chi connectivity index (χ1) is 16.2. The van der Waals surface area contributed by atoms with Crippen LogP contribution in [0.2, 0.25) is 0 Å². The SMILES string of the molecule is CCOC(=O)N1CCN(c2ccc(NS(=O)(=O)c3cc(OC)ccc3OC)cc2C(=O)O)CC1. The van der Waals surface area contributed by atoms with E-state index >= 15 is 0 Å². The molecule has 0 aliphatic carbocycles. The average molecular weight is 494 g/mol. The maximum Gasteiger partial charge on any atom is 0.409 e. The van der Waals surface area contributed by atoms with Crippen molar-refractivity contribution >= 4 is 33.5 Å². The minimum Gasteiger partial charge on any atom is -0.497 e. The molecule has 0 aromatic heterocycles. The van der Waals surface area contributed by atoms with Gasteiger partial charge in [0.05, 0.1) is 32.1 Å². The Balaban J connectivity index is 1.84. The zero-order chi connectivity index (χ0) is 24.9. The number of carboxylic acids is 1. The number of nitrogens with one attached hydrogen (secondary N) is 1. The lowest BCUT2D eigenvalue weighted by Gasteiger charge is -2.36. The molecule has 2 aromatic rings. The Morgan fingerprint density at radius 2 is 1.74 bits per heavy atom. The first-order valence-corrected chi connectivity index (χ1v) is 12.0. The number of nitrogens with zero attached hydrogens (tertiary/aromatic N) is 2. The predicted molar refractivity (Wildman–Crippen MR) is 125 cm³/mol. The fraction of sp³-hybridized carbons (Fsp3) is 0.364. The number of ether oxygens (including phenoxy) is 3. The smallest absolute Gasteiger partial charge is 0.409 e. The Morgan fingerprint density at radius 3 is 2.32 bits per heavy atom. The van der Waals surface area contributed by atoms with Crippen LogP contribution >= 0.6 is 0 Å². The molecule has 12 heteroatoms. The summed E-state index contributed by atoms with van der Waals surface area (Å²) in [6.45, 7) is 3.58. The van der Waals surface area contributed by atoms with E-state index in [1.807, 2.05) is 4.90 Å². The van der Waals surface area contributed by atoms with Crippen LogP contribution in [0.5, 0.6) is 11.5 Å². The van der Waals surface area contributed by atoms with Crippen molar-refractivity contribution < 1.29 is 37.3 Å². The fourth-order valence-electron chi connectivity index (χ4n) is 3.60. The van der Waals surface area contributed by atoms with Gasteiger partial charge in [-0.2, -0.15) is 0 Å². The fourth-order valence-corrected chi connectivity index (χ4v) is 4.83. The molecule has 0 bridgehead atoms. The van der Waals surface area contributed by atoms with Gasteiger partial charge in [0.15, 0.2) is 0 Å². The first kappa shape index (κ1) is 25.0. The molecule has 0 unspecified atom stereocenters. The molecule has 1 heterocycles. The number of methoxy groups -OCH3 is 2. The molecular weight excluding hydrogens is 466 g/mol. The van der Waals surface area contributed by atoms with E-state index in [0.717, 1.165) is 0 Å². The molecule has 184 valence electrons. The number of carbonyl (C=O) groups excluding carboxylic acids is 1. The number of piperazine rings is 1. The zero-order valence-electron chi connectivity index (χ0n) is 19.1. The van der Waals surface area contributed by atoms with Crippen molar-refractivity contribution in [3.63, 3.8) is 0 Å². The highest BCUT2D eigenvalue weighted by Crippen LogP contribution is 2.31. The number of amides is 1. The van der Waals surface area contributed by atoms with Crippen LogP contribution in [0.1, 0.15) is 17.3 Å². The van der Waals surface area contributed by atoms with E-state index in [1.165, 1.54) is 38.5 Å². The molecule has 1 amide bonds. The molecule has 3 rings (SSSR count). The van der Waals surface area contributed by atoms with Gasteiger partial charge in [-0.1, -0.05) is 0 Å². The molecule has 2 aromatic carbocycles. The minimum atomic E-state index is -4.11. The number of aromatic carboxylic acids is 1. The molecule has 1 fully saturated rings. The first-order valence-electron chi connectivity index (χ1n) is 10.5. The van der Waals surface area contributed by atoms with Crippen molar-refractivity contribution in [2.45, 2.75) is 11.8 Å². The predicted octanol–water partition coefficient (Wildman–Crippen LogP) is 2.48. The summed E-state index contributed by atoms with van der Waals surface area (Å²) in [5.41, 5.74) is 0.441. The molecule has 11 nitrogen and oxygen atoms in total. The summed E-state index contributed by atoms with van der Waals surface area (Å²) in [5.74, 6) is -0.768. The Labute approximate surface area is 197 Å². The molecule has 1 aliphatic rings. The molecule has 34 heavy (non-hydrogen) atoms. The van der Waals surface area contributed by atoms with Gasteiger partial charge < -0.3 is 29.1 Å². The third kappa shape index (κ3) is 5.45. The van der Waals surface area contributed by atoms with Crippen LogP contribution in [0.3, 0.4) is 0 Å². The number of sulfonamides is 1. The van der Waals surface area contributed by atoms with Crippen LogP contribution in [-0.4, -0.2) is 77.5 Å². The van der Waals surface area contributed by atoms with Crippen LogP contribution < -0.4 is 19.1 Å². The Kier molecular flexibility index (Phi) is 7.72. The summed E-state index contributed by atoms with van der Waals surface area (Å²) >= 11 is 0. The van der Waals surface area contributed by atoms with Crippen LogP contribution in [-0.2, 0) is 14.8 Å². The molecule has 0 atom stereocenters. The number of hydrogen-bond acceptors (Lipinski definition) is 8. The lowest BCUT2D eigenvalue weighted by molar-refractivity contribution is 0.0696. The van der Waals surface area contributed by atoms with Crippen molar-refractivity contribution in [3.8, 4) is 11.5 Å². The quantitative estimate of drug-likeness (QED) is 0.569. The van der Waals surface area contributed by atoms with Gasteiger partial charge in [0, 0.05) is 37.9 Å². The van der Waals surface area contributed by atoms with E-state index in [1.54, 1.807) is 24.0 Å². The van der Waals surface area contributed by atoms with Crippen molar-refractivity contribution in [1.29, 1.82) is 0 Å². The third-order valence-electron chi connectivity index (χ3n) is 5.29. The van der Waals surface area contributed by atoms with Crippen LogP contribution in [0.4, 0.5) is 16.2 Å². The Morgan fingerprint density at radius 1 is 1.03 bits per heavy atom. The molecule has 0 spiro atoms. The van der Waals surface area contributed by atoms with Gasteiger partial charge in [0.2, 0.25) is 0 Å². The standard InChI is InChI=1S/C22H27N3O8S/c1-4-33-22(28)25-11-9-24(10-12-25)18-7-5-15(13-17(18)21(26)27)23-34(29,30)20-14-16(31-2)6-8-19(20)32-3/h5-8,13-14,23H,4,9-12H2,1-3H3,(H,26,27). The Bertz CT molecular complexity index is 1160. The number of anilines is 2. The lowest BCUT2D eigenvalue weighted by Crippen LogP contribution is -2.49. The van der Waals surface area contributed by atoms with Gasteiger partial charge in [0.25, 0.3) is 10.0 Å². The second kappa shape index (κ2) is 10.5. The molecular formula is C22H27N3O8S. The molecule has 2 N–H and O–H groups in total. The highest BCUT2D eigenvalue weighted by molar-refractivity contribution is 7.92. The second-order valence-electron chi connectivity index (χ2n) is 7.33. The summed E-state index contributed by atoms with van der Waals surface area (Å²) in [6.07, 6.45) is -0.404. The van der Waals surface area contributed by atoms with Gasteiger partial charge in [-0.15, -0.1) is 0 Å². The van der Waals surface area contributed by atoms with Crippen molar-refractivity contribution in [3.05, 3.63) is 42.0 Å². The summed E-state index contributed by atoms with van der Waals surface area (Å²) in [7, 11) is -1.35. The monoisotopic (exact) mass is 493 g/mol. The van der Waals surface area contributed by atoms with E-state index in [4.69, 9.17) is 14.2 Å². The summed E-state index contributed by atoms with van der Waals surface area (Å²) in [6, 6.07) is 8.65. The van der Waals surface area contributed by atoms with Crippen LogP contribution in [0.25, 0.3) is 0 Å². The van der Waals surface area contributed by atoms with Crippen LogP contribution in [0.15, 0.2) is 41.3 Å². The van der Waals surface area contributed by atoms with Crippen molar-refractivity contribution in [2.75, 3.05) is 56.6 Å². The summed E-state index contributed by atoms with van der Waals surface area (Å²) in [4.78, 5) is 27.1. The zero-order valence-corrected chi connectivity index (χ0v) is 19.9. The maximum absolute atomic E-state index is 13.0. The maximum atomic E-state index is 13.0. The average Bonchev–Trinajstić information content (AvgIpc) is 2.83. The summed E-state index contributed by atoms with van der Waals surface area (Å²) in [5, 5.41) is 9.77. The van der Waals surface area contributed by atoms with E-state index < -0.39 is 22.1 Å². The van der Waals surface area contributed by atoms with Gasteiger partial charge in [-0.3, -0.25) is 4.72 Å². The molecule has 1 saturated heterocycles.